The van der Waals surface area contributed by atoms with Gasteiger partial charge in [0.25, 0.3) is 0 Å². The number of hydrogen-bond acceptors (Lipinski definition) is 3. The largest absolute Gasteiger partial charge is 0.307 e. The molecule has 2 aromatic heterocycles. The van der Waals surface area contributed by atoms with Gasteiger partial charge in [-0.2, -0.15) is 11.8 Å². The zero-order chi connectivity index (χ0) is 13.2. The second kappa shape index (κ2) is 5.55. The molecule has 4 heteroatoms. The summed E-state index contributed by atoms with van der Waals surface area (Å²) in [6, 6.07) is 6.85. The number of pyridine rings is 1. The predicted octanol–water partition coefficient (Wildman–Crippen LogP) is 3.05. The van der Waals surface area contributed by atoms with Gasteiger partial charge in [0, 0.05) is 30.2 Å². The van der Waals surface area contributed by atoms with Gasteiger partial charge < -0.3 is 4.40 Å². The van der Waals surface area contributed by atoms with Crippen LogP contribution in [0.2, 0.25) is 0 Å². The third-order valence-corrected chi connectivity index (χ3v) is 5.27. The van der Waals surface area contributed by atoms with Crippen molar-refractivity contribution >= 4 is 17.4 Å². The highest BCUT2D eigenvalue weighted by Gasteiger charge is 2.29. The van der Waals surface area contributed by atoms with Crippen LogP contribution in [0.4, 0.5) is 0 Å². The lowest BCUT2D eigenvalue weighted by atomic mass is 10.2. The molecule has 0 bridgehead atoms. The number of nitrogens with zero attached hydrogens (tertiary/aromatic N) is 3. The zero-order valence-corrected chi connectivity index (χ0v) is 12.4. The summed E-state index contributed by atoms with van der Waals surface area (Å²) in [4.78, 5) is 7.17. The van der Waals surface area contributed by atoms with Crippen molar-refractivity contribution in [1.29, 1.82) is 0 Å². The molecule has 0 saturated heterocycles. The van der Waals surface area contributed by atoms with Crippen LogP contribution in [0.3, 0.4) is 0 Å². The minimum atomic E-state index is 0.708. The first kappa shape index (κ1) is 13.0. The summed E-state index contributed by atoms with van der Waals surface area (Å²) in [5.41, 5.74) is 2.21. The molecule has 0 amide bonds. The molecule has 0 aliphatic heterocycles. The molecule has 0 spiro atoms. The summed E-state index contributed by atoms with van der Waals surface area (Å²) < 4.78 is 2.10. The van der Waals surface area contributed by atoms with Crippen LogP contribution in [0.25, 0.3) is 5.65 Å². The van der Waals surface area contributed by atoms with Gasteiger partial charge in [-0.05, 0) is 38.3 Å². The van der Waals surface area contributed by atoms with Crippen LogP contribution >= 0.6 is 11.8 Å². The molecule has 1 aliphatic rings. The maximum Gasteiger partial charge on any atom is 0.137 e. The van der Waals surface area contributed by atoms with E-state index >= 15 is 0 Å². The van der Waals surface area contributed by atoms with Crippen LogP contribution in [0.1, 0.15) is 25.0 Å². The number of rotatable bonds is 4. The van der Waals surface area contributed by atoms with E-state index in [9.17, 15) is 0 Å². The molecule has 0 aromatic carbocycles. The lowest BCUT2D eigenvalue weighted by Gasteiger charge is -2.28. The van der Waals surface area contributed by atoms with Crippen LogP contribution < -0.4 is 0 Å². The molecule has 2 heterocycles. The highest BCUT2D eigenvalue weighted by Crippen LogP contribution is 2.32. The topological polar surface area (TPSA) is 20.5 Å². The quantitative estimate of drug-likeness (QED) is 0.855. The Hall–Kier alpha value is -1.00. The monoisotopic (exact) mass is 275 g/mol. The van der Waals surface area contributed by atoms with E-state index in [1.807, 2.05) is 23.9 Å². The number of thioether (sulfide) groups is 1. The lowest BCUT2D eigenvalue weighted by Crippen LogP contribution is -2.35. The van der Waals surface area contributed by atoms with E-state index in [1.54, 1.807) is 0 Å². The van der Waals surface area contributed by atoms with Crippen molar-refractivity contribution in [2.24, 2.45) is 0 Å². The van der Waals surface area contributed by atoms with Crippen LogP contribution in [0.5, 0.6) is 0 Å². The smallest absolute Gasteiger partial charge is 0.137 e. The van der Waals surface area contributed by atoms with Crippen molar-refractivity contribution in [2.45, 2.75) is 37.1 Å². The van der Waals surface area contributed by atoms with Gasteiger partial charge in [0.05, 0.1) is 5.69 Å². The molecule has 3 rings (SSSR count). The number of fused-ring (bicyclic) bond motifs is 1. The molecule has 1 fully saturated rings. The van der Waals surface area contributed by atoms with Crippen molar-refractivity contribution in [2.75, 3.05) is 13.3 Å². The molecule has 1 saturated carbocycles. The summed E-state index contributed by atoms with van der Waals surface area (Å²) in [5.74, 6) is 0. The standard InChI is InChI=1S/C15H21N3S/c1-17(13-6-5-7-14(13)19-2)10-12-11-18-9-4-3-8-15(18)16-12/h3-4,8-9,11,13-14H,5-7,10H2,1-2H3/t13-,14+/m0/s1. The Morgan fingerprint density at radius 2 is 2.32 bits per heavy atom. The molecule has 0 N–H and O–H groups in total. The minimum Gasteiger partial charge on any atom is -0.307 e. The second-order valence-electron chi connectivity index (χ2n) is 5.39. The fraction of sp³-hybridized carbons (Fsp3) is 0.533. The summed E-state index contributed by atoms with van der Waals surface area (Å²) in [7, 11) is 2.24. The average Bonchev–Trinajstić information content (AvgIpc) is 3.03. The Bertz CT molecular complexity index is 518. The maximum absolute atomic E-state index is 4.69. The van der Waals surface area contributed by atoms with Crippen LogP contribution in [0, 0.1) is 0 Å². The highest BCUT2D eigenvalue weighted by atomic mass is 32.2. The molecule has 2 atom stereocenters. The van der Waals surface area contributed by atoms with Gasteiger partial charge in [-0.1, -0.05) is 12.5 Å². The second-order valence-corrected chi connectivity index (χ2v) is 6.46. The van der Waals surface area contributed by atoms with Crippen molar-refractivity contribution in [3.8, 4) is 0 Å². The molecule has 0 radical (unpaired) electrons. The van der Waals surface area contributed by atoms with E-state index in [4.69, 9.17) is 0 Å². The van der Waals surface area contributed by atoms with Crippen molar-refractivity contribution in [3.05, 3.63) is 36.3 Å². The van der Waals surface area contributed by atoms with Crippen LogP contribution in [-0.2, 0) is 6.54 Å². The van der Waals surface area contributed by atoms with Gasteiger partial charge in [0.2, 0.25) is 0 Å². The van der Waals surface area contributed by atoms with Gasteiger partial charge in [-0.15, -0.1) is 0 Å². The van der Waals surface area contributed by atoms with Crippen molar-refractivity contribution in [3.63, 3.8) is 0 Å². The third-order valence-electron chi connectivity index (χ3n) is 4.11. The molecular formula is C15H21N3S. The number of imidazole rings is 1. The predicted molar refractivity (Wildman–Crippen MR) is 81.6 cm³/mol. The summed E-state index contributed by atoms with van der Waals surface area (Å²) >= 11 is 2.02. The fourth-order valence-corrected chi connectivity index (χ4v) is 4.18. The van der Waals surface area contributed by atoms with Crippen LogP contribution in [0.15, 0.2) is 30.6 Å². The normalized spacial score (nSPS) is 23.5. The van der Waals surface area contributed by atoms with E-state index in [2.05, 4.69) is 46.0 Å². The summed E-state index contributed by atoms with van der Waals surface area (Å²) in [5, 5.41) is 0.794. The Balaban J connectivity index is 1.73. The average molecular weight is 275 g/mol. The van der Waals surface area contributed by atoms with Gasteiger partial charge in [0.1, 0.15) is 5.65 Å². The molecule has 102 valence electrons. The van der Waals surface area contributed by atoms with Gasteiger partial charge >= 0.3 is 0 Å². The maximum atomic E-state index is 4.69. The summed E-state index contributed by atoms with van der Waals surface area (Å²) in [6.45, 7) is 0.948. The van der Waals surface area contributed by atoms with E-state index in [0.29, 0.717) is 6.04 Å². The molecular weight excluding hydrogens is 254 g/mol. The first-order valence-electron chi connectivity index (χ1n) is 6.93. The Kier molecular flexibility index (Phi) is 3.80. The first-order chi connectivity index (χ1) is 9.28. The zero-order valence-electron chi connectivity index (χ0n) is 11.6. The molecule has 3 nitrogen and oxygen atoms in total. The number of hydrogen-bond donors (Lipinski definition) is 0. The summed E-state index contributed by atoms with van der Waals surface area (Å²) in [6.07, 6.45) is 10.5. The van der Waals surface area contributed by atoms with E-state index < -0.39 is 0 Å². The lowest BCUT2D eigenvalue weighted by molar-refractivity contribution is 0.239. The minimum absolute atomic E-state index is 0.708. The third kappa shape index (κ3) is 2.65. The Labute approximate surface area is 119 Å². The van der Waals surface area contributed by atoms with E-state index in [0.717, 1.165) is 17.4 Å². The van der Waals surface area contributed by atoms with E-state index in [-0.39, 0.29) is 0 Å². The SMILES string of the molecule is CS[C@@H]1CCC[C@@H]1N(C)Cc1cn2ccccc2n1. The molecule has 19 heavy (non-hydrogen) atoms. The van der Waals surface area contributed by atoms with Gasteiger partial charge in [0.15, 0.2) is 0 Å². The van der Waals surface area contributed by atoms with E-state index in [1.165, 1.54) is 25.0 Å². The fourth-order valence-electron chi connectivity index (χ4n) is 3.12. The molecule has 1 aliphatic carbocycles. The molecule has 0 unspecified atom stereocenters. The van der Waals surface area contributed by atoms with Gasteiger partial charge in [-0.3, -0.25) is 4.90 Å². The Morgan fingerprint density at radius 1 is 1.42 bits per heavy atom. The Morgan fingerprint density at radius 3 is 3.11 bits per heavy atom. The highest BCUT2D eigenvalue weighted by molar-refractivity contribution is 7.99. The van der Waals surface area contributed by atoms with Crippen LogP contribution in [-0.4, -0.2) is 38.9 Å². The van der Waals surface area contributed by atoms with Crippen molar-refractivity contribution in [1.82, 2.24) is 14.3 Å². The molecule has 2 aromatic rings. The number of aromatic nitrogens is 2. The van der Waals surface area contributed by atoms with Crippen molar-refractivity contribution < 1.29 is 0 Å². The van der Waals surface area contributed by atoms with Gasteiger partial charge in [-0.25, -0.2) is 4.98 Å². The first-order valence-corrected chi connectivity index (χ1v) is 8.22.